The molecule has 0 bridgehead atoms. The molecule has 0 saturated carbocycles. The van der Waals surface area contributed by atoms with Crippen LogP contribution in [0.4, 0.5) is 5.69 Å². The van der Waals surface area contributed by atoms with Gasteiger partial charge >= 0.3 is 0 Å². The van der Waals surface area contributed by atoms with Crippen molar-refractivity contribution in [2.45, 2.75) is 17.7 Å². The number of hydrogen-bond acceptors (Lipinski definition) is 3. The van der Waals surface area contributed by atoms with E-state index in [1.165, 1.54) is 4.31 Å². The number of halogens is 2. The first-order chi connectivity index (χ1) is 15.3. The molecule has 0 unspecified atom stereocenters. The Morgan fingerprint density at radius 1 is 0.938 bits per heavy atom. The van der Waals surface area contributed by atoms with Crippen LogP contribution in [-0.4, -0.2) is 38.3 Å². The first-order valence-electron chi connectivity index (χ1n) is 10.2. The van der Waals surface area contributed by atoms with Crippen LogP contribution in [0.5, 0.6) is 0 Å². The van der Waals surface area contributed by atoms with Gasteiger partial charge in [-0.25, -0.2) is 8.42 Å². The molecule has 0 radical (unpaired) electrons. The summed E-state index contributed by atoms with van der Waals surface area (Å²) in [6, 6.07) is 22.0. The lowest BCUT2D eigenvalue weighted by Gasteiger charge is -2.25. The Morgan fingerprint density at radius 2 is 1.62 bits per heavy atom. The molecule has 0 N–H and O–H groups in total. The Bertz CT molecular complexity index is 1220. The molecule has 1 heterocycles. The molecule has 32 heavy (non-hydrogen) atoms. The second-order valence-electron chi connectivity index (χ2n) is 7.60. The summed E-state index contributed by atoms with van der Waals surface area (Å²) in [6.07, 6.45) is 1.28. The second-order valence-corrected chi connectivity index (χ2v) is 11.4. The van der Waals surface area contributed by atoms with E-state index < -0.39 is 10.0 Å². The summed E-state index contributed by atoms with van der Waals surface area (Å²) >= 11 is 6.81. The molecule has 0 atom stereocenters. The molecule has 3 aromatic carbocycles. The summed E-state index contributed by atoms with van der Waals surface area (Å²) in [4.78, 5) is 15.1. The van der Waals surface area contributed by atoms with Crippen molar-refractivity contribution >= 4 is 53.5 Å². The number of carbonyl (C=O) groups is 1. The molecule has 4 rings (SSSR count). The number of sulfonamides is 1. The fraction of sp³-hybridized carbons (Fsp3) is 0.208. The van der Waals surface area contributed by atoms with E-state index in [2.05, 4.69) is 31.9 Å². The number of carbonyl (C=O) groups excluding carboxylic acids is 1. The number of amides is 1. The normalized spacial score (nSPS) is 13.4. The summed E-state index contributed by atoms with van der Waals surface area (Å²) < 4.78 is 29.9. The van der Waals surface area contributed by atoms with Crippen molar-refractivity contribution in [1.29, 1.82) is 0 Å². The lowest BCUT2D eigenvalue weighted by atomic mass is 10.1. The lowest BCUT2D eigenvalue weighted by molar-refractivity contribution is -0.118. The van der Waals surface area contributed by atoms with Gasteiger partial charge in [0.25, 0.3) is 0 Å². The maximum atomic E-state index is 13.4. The maximum Gasteiger partial charge on any atom is 0.243 e. The van der Waals surface area contributed by atoms with Crippen LogP contribution >= 0.6 is 31.9 Å². The zero-order chi connectivity index (χ0) is 22.7. The number of rotatable bonds is 7. The van der Waals surface area contributed by atoms with Gasteiger partial charge in [0.15, 0.2) is 0 Å². The van der Waals surface area contributed by atoms with Gasteiger partial charge in [-0.3, -0.25) is 4.79 Å². The highest BCUT2D eigenvalue weighted by Gasteiger charge is 2.31. The summed E-state index contributed by atoms with van der Waals surface area (Å²) in [5, 5.41) is 0. The molecule has 5 nitrogen and oxygen atoms in total. The van der Waals surface area contributed by atoms with Crippen LogP contribution in [0.1, 0.15) is 11.1 Å². The van der Waals surface area contributed by atoms with Crippen LogP contribution < -0.4 is 4.90 Å². The molecule has 0 fully saturated rings. The molecule has 1 aliphatic heterocycles. The third-order valence-corrected chi connectivity index (χ3v) is 8.38. The minimum absolute atomic E-state index is 0.173. The smallest absolute Gasteiger partial charge is 0.243 e. The van der Waals surface area contributed by atoms with Crippen LogP contribution in [0.2, 0.25) is 0 Å². The predicted octanol–water partition coefficient (Wildman–Crippen LogP) is 5.03. The lowest BCUT2D eigenvalue weighted by Crippen LogP contribution is -2.43. The van der Waals surface area contributed by atoms with Crippen LogP contribution in [0.25, 0.3) is 0 Å². The van der Waals surface area contributed by atoms with E-state index in [1.807, 2.05) is 48.5 Å². The van der Waals surface area contributed by atoms with Gasteiger partial charge in [-0.2, -0.15) is 4.31 Å². The molecule has 0 aromatic heterocycles. The second kappa shape index (κ2) is 9.87. The average Bonchev–Trinajstić information content (AvgIpc) is 3.20. The van der Waals surface area contributed by atoms with Gasteiger partial charge < -0.3 is 4.90 Å². The Hall–Kier alpha value is -2.00. The largest absolute Gasteiger partial charge is 0.311 e. The van der Waals surface area contributed by atoms with E-state index in [4.69, 9.17) is 0 Å². The highest BCUT2D eigenvalue weighted by molar-refractivity contribution is 9.10. The fourth-order valence-electron chi connectivity index (χ4n) is 3.80. The molecular formula is C24H22Br2N2O3S. The summed E-state index contributed by atoms with van der Waals surface area (Å²) in [6.45, 7) is 0.561. The number of fused-ring (bicyclic) bond motifs is 1. The van der Waals surface area contributed by atoms with Crippen LogP contribution in [-0.2, 0) is 27.7 Å². The minimum Gasteiger partial charge on any atom is -0.311 e. The first-order valence-corrected chi connectivity index (χ1v) is 13.3. The molecule has 1 amide bonds. The monoisotopic (exact) mass is 576 g/mol. The van der Waals surface area contributed by atoms with Crippen LogP contribution in [0.3, 0.4) is 0 Å². The van der Waals surface area contributed by atoms with Gasteiger partial charge in [-0.15, -0.1) is 0 Å². The van der Waals surface area contributed by atoms with Crippen molar-refractivity contribution in [3.63, 3.8) is 0 Å². The van der Waals surface area contributed by atoms with Crippen molar-refractivity contribution in [3.05, 3.63) is 92.9 Å². The number of benzene rings is 3. The van der Waals surface area contributed by atoms with Gasteiger partial charge in [0.05, 0.1) is 11.4 Å². The third-order valence-electron chi connectivity index (χ3n) is 5.49. The molecule has 3 aromatic rings. The van der Waals surface area contributed by atoms with Crippen LogP contribution in [0, 0.1) is 0 Å². The Balaban J connectivity index is 1.59. The average molecular weight is 578 g/mol. The van der Waals surface area contributed by atoms with Gasteiger partial charge in [0.2, 0.25) is 15.9 Å². The number of anilines is 1. The Morgan fingerprint density at radius 3 is 2.34 bits per heavy atom. The number of hydrogen-bond donors (Lipinski definition) is 0. The highest BCUT2D eigenvalue weighted by Crippen LogP contribution is 2.31. The van der Waals surface area contributed by atoms with Gasteiger partial charge in [0.1, 0.15) is 0 Å². The van der Waals surface area contributed by atoms with E-state index in [0.717, 1.165) is 32.2 Å². The van der Waals surface area contributed by atoms with E-state index >= 15 is 0 Å². The van der Waals surface area contributed by atoms with E-state index in [9.17, 15) is 13.2 Å². The molecule has 0 aliphatic carbocycles. The molecule has 166 valence electrons. The molecule has 0 spiro atoms. The van der Waals surface area contributed by atoms with Gasteiger partial charge in [-0.1, -0.05) is 62.2 Å². The summed E-state index contributed by atoms with van der Waals surface area (Å²) in [5.41, 5.74) is 2.95. The van der Waals surface area contributed by atoms with E-state index in [0.29, 0.717) is 13.0 Å². The Kier molecular flexibility index (Phi) is 7.14. The number of nitrogens with zero attached hydrogens (tertiary/aromatic N) is 2. The molecule has 1 aliphatic rings. The van der Waals surface area contributed by atoms with Crippen molar-refractivity contribution < 1.29 is 13.2 Å². The van der Waals surface area contributed by atoms with Gasteiger partial charge in [0, 0.05) is 27.7 Å². The standard InChI is InChI=1S/C24H22Br2N2O3S/c25-20-6-9-22(10-7-20)32(30,31)27(14-12-18-4-2-1-3-5-18)17-24(29)28-15-13-19-16-21(26)8-11-23(19)28/h1-11,16H,12-15,17H2. The highest BCUT2D eigenvalue weighted by atomic mass is 79.9. The van der Waals surface area contributed by atoms with E-state index in [1.54, 1.807) is 29.2 Å². The quantitative estimate of drug-likeness (QED) is 0.395. The maximum absolute atomic E-state index is 13.4. The van der Waals surface area contributed by atoms with E-state index in [-0.39, 0.29) is 23.9 Å². The Labute approximate surface area is 205 Å². The zero-order valence-corrected chi connectivity index (χ0v) is 21.2. The van der Waals surface area contributed by atoms with Crippen molar-refractivity contribution in [3.8, 4) is 0 Å². The first kappa shape index (κ1) is 23.2. The van der Waals surface area contributed by atoms with Crippen molar-refractivity contribution in [2.75, 3.05) is 24.5 Å². The molecule has 0 saturated heterocycles. The zero-order valence-electron chi connectivity index (χ0n) is 17.2. The van der Waals surface area contributed by atoms with Crippen molar-refractivity contribution in [2.24, 2.45) is 0 Å². The van der Waals surface area contributed by atoms with Gasteiger partial charge in [-0.05, 0) is 66.4 Å². The fourth-order valence-corrected chi connectivity index (χ4v) is 5.87. The summed E-state index contributed by atoms with van der Waals surface area (Å²) in [5.74, 6) is -0.222. The molecular weight excluding hydrogens is 556 g/mol. The minimum atomic E-state index is -3.84. The predicted molar refractivity (Wildman–Crippen MR) is 133 cm³/mol. The van der Waals surface area contributed by atoms with Crippen LogP contribution in [0.15, 0.2) is 86.6 Å². The van der Waals surface area contributed by atoms with Crippen molar-refractivity contribution in [1.82, 2.24) is 4.31 Å². The third kappa shape index (κ3) is 5.14. The summed E-state index contributed by atoms with van der Waals surface area (Å²) in [7, 11) is -3.84. The SMILES string of the molecule is O=C(CN(CCc1ccccc1)S(=O)(=O)c1ccc(Br)cc1)N1CCc2cc(Br)ccc21. The molecule has 8 heteroatoms. The topological polar surface area (TPSA) is 57.7 Å².